The molecule has 0 saturated carbocycles. The lowest BCUT2D eigenvalue weighted by atomic mass is 10.1. The Bertz CT molecular complexity index is 1260. The van der Waals surface area contributed by atoms with E-state index < -0.39 is 0 Å². The Morgan fingerprint density at radius 2 is 1.94 bits per heavy atom. The second-order valence-electron chi connectivity index (χ2n) is 7.39. The van der Waals surface area contributed by atoms with E-state index in [0.29, 0.717) is 17.3 Å². The third kappa shape index (κ3) is 4.35. The van der Waals surface area contributed by atoms with Gasteiger partial charge in [0.05, 0.1) is 11.0 Å². The number of benzene rings is 2. The Hall–Kier alpha value is -3.87. The van der Waals surface area contributed by atoms with Crippen LogP contribution in [0.3, 0.4) is 0 Å². The number of carbonyl (C=O) groups excluding carboxylic acids is 1. The number of para-hydroxylation sites is 1. The van der Waals surface area contributed by atoms with Crippen molar-refractivity contribution in [2.75, 3.05) is 10.6 Å². The molecule has 0 bridgehead atoms. The number of pyridine rings is 1. The van der Waals surface area contributed by atoms with Crippen LogP contribution in [0, 0.1) is 6.92 Å². The summed E-state index contributed by atoms with van der Waals surface area (Å²) >= 11 is 0. The molecule has 0 atom stereocenters. The number of amides is 1. The number of aromatic nitrogens is 3. The standard InChI is InChI=1S/C24H25N5O2/c1-5-17-8-6-7-15(2)23(17)28-24-27-20-13-18(9-10-21(20)29(24)4)31-19-11-12-25-22(14-19)26-16(3)30/h6-14H,5H2,1-4H3,(H,27,28)(H,25,26,30). The third-order valence-electron chi connectivity index (χ3n) is 5.10. The molecule has 0 aliphatic carbocycles. The van der Waals surface area contributed by atoms with Gasteiger partial charge in [-0.2, -0.15) is 0 Å². The third-order valence-corrected chi connectivity index (χ3v) is 5.10. The van der Waals surface area contributed by atoms with Gasteiger partial charge in [0.2, 0.25) is 11.9 Å². The lowest BCUT2D eigenvalue weighted by Gasteiger charge is -2.13. The first-order valence-corrected chi connectivity index (χ1v) is 10.2. The van der Waals surface area contributed by atoms with Crippen molar-refractivity contribution in [3.05, 3.63) is 65.9 Å². The fourth-order valence-electron chi connectivity index (χ4n) is 3.53. The molecule has 7 nitrogen and oxygen atoms in total. The largest absolute Gasteiger partial charge is 0.457 e. The molecule has 0 fully saturated rings. The maximum Gasteiger partial charge on any atom is 0.222 e. The second-order valence-corrected chi connectivity index (χ2v) is 7.39. The molecule has 1 amide bonds. The molecule has 158 valence electrons. The number of nitrogens with one attached hydrogen (secondary N) is 2. The molecule has 7 heteroatoms. The van der Waals surface area contributed by atoms with Crippen LogP contribution in [0.1, 0.15) is 25.0 Å². The summed E-state index contributed by atoms with van der Waals surface area (Å²) in [4.78, 5) is 20.1. The van der Waals surface area contributed by atoms with Crippen molar-refractivity contribution < 1.29 is 9.53 Å². The minimum absolute atomic E-state index is 0.181. The van der Waals surface area contributed by atoms with Crippen molar-refractivity contribution in [3.8, 4) is 11.5 Å². The fourth-order valence-corrected chi connectivity index (χ4v) is 3.53. The van der Waals surface area contributed by atoms with Crippen LogP contribution in [0.25, 0.3) is 11.0 Å². The number of anilines is 3. The van der Waals surface area contributed by atoms with E-state index in [1.54, 1.807) is 18.3 Å². The zero-order valence-corrected chi connectivity index (χ0v) is 18.1. The first-order valence-electron chi connectivity index (χ1n) is 10.2. The van der Waals surface area contributed by atoms with Gasteiger partial charge in [0.1, 0.15) is 17.3 Å². The van der Waals surface area contributed by atoms with Crippen LogP contribution < -0.4 is 15.4 Å². The van der Waals surface area contributed by atoms with Crippen LogP contribution in [-0.4, -0.2) is 20.4 Å². The average molecular weight is 415 g/mol. The quantitative estimate of drug-likeness (QED) is 0.445. The Kier molecular flexibility index (Phi) is 5.58. The summed E-state index contributed by atoms with van der Waals surface area (Å²) in [6, 6.07) is 15.5. The number of hydrogen-bond acceptors (Lipinski definition) is 5. The van der Waals surface area contributed by atoms with Gasteiger partial charge in [0.25, 0.3) is 0 Å². The number of imidazole rings is 1. The molecule has 0 spiro atoms. The SMILES string of the molecule is CCc1cccc(C)c1Nc1nc2cc(Oc3ccnc(NC(C)=O)c3)ccc2n1C. The van der Waals surface area contributed by atoms with Gasteiger partial charge < -0.3 is 19.9 Å². The van der Waals surface area contributed by atoms with Gasteiger partial charge in [0.15, 0.2) is 0 Å². The van der Waals surface area contributed by atoms with Gasteiger partial charge in [-0.25, -0.2) is 9.97 Å². The summed E-state index contributed by atoms with van der Waals surface area (Å²) in [6.07, 6.45) is 2.54. The molecule has 0 aliphatic heterocycles. The smallest absolute Gasteiger partial charge is 0.222 e. The van der Waals surface area contributed by atoms with Crippen LogP contribution in [0.4, 0.5) is 17.5 Å². The van der Waals surface area contributed by atoms with Gasteiger partial charge in [-0.1, -0.05) is 25.1 Å². The maximum absolute atomic E-state index is 11.2. The van der Waals surface area contributed by atoms with E-state index in [2.05, 4.69) is 47.7 Å². The molecule has 0 saturated heterocycles. The van der Waals surface area contributed by atoms with Gasteiger partial charge in [0, 0.05) is 38.0 Å². The molecule has 0 radical (unpaired) electrons. The molecule has 2 aromatic heterocycles. The van der Waals surface area contributed by atoms with E-state index in [-0.39, 0.29) is 5.91 Å². The Labute approximate surface area is 181 Å². The zero-order valence-electron chi connectivity index (χ0n) is 18.1. The number of aryl methyl sites for hydroxylation is 3. The number of rotatable bonds is 6. The molecular weight excluding hydrogens is 390 g/mol. The van der Waals surface area contributed by atoms with Crippen LogP contribution in [0.5, 0.6) is 11.5 Å². The molecule has 2 aromatic carbocycles. The lowest BCUT2D eigenvalue weighted by molar-refractivity contribution is -0.114. The summed E-state index contributed by atoms with van der Waals surface area (Å²) in [6.45, 7) is 5.69. The van der Waals surface area contributed by atoms with Gasteiger partial charge in [-0.3, -0.25) is 4.79 Å². The van der Waals surface area contributed by atoms with E-state index in [4.69, 9.17) is 9.72 Å². The van der Waals surface area contributed by atoms with Crippen molar-refractivity contribution in [2.24, 2.45) is 7.05 Å². The van der Waals surface area contributed by atoms with Crippen molar-refractivity contribution in [3.63, 3.8) is 0 Å². The molecule has 4 rings (SSSR count). The highest BCUT2D eigenvalue weighted by Crippen LogP contribution is 2.30. The van der Waals surface area contributed by atoms with E-state index in [0.717, 1.165) is 29.1 Å². The van der Waals surface area contributed by atoms with Crippen LogP contribution in [-0.2, 0) is 18.3 Å². The monoisotopic (exact) mass is 415 g/mol. The van der Waals surface area contributed by atoms with Crippen LogP contribution >= 0.6 is 0 Å². The molecule has 2 N–H and O–H groups in total. The van der Waals surface area contributed by atoms with Crippen molar-refractivity contribution in [2.45, 2.75) is 27.2 Å². The topological polar surface area (TPSA) is 81.1 Å². The van der Waals surface area contributed by atoms with E-state index in [1.165, 1.54) is 18.1 Å². The number of hydrogen-bond donors (Lipinski definition) is 2. The van der Waals surface area contributed by atoms with Gasteiger partial charge >= 0.3 is 0 Å². The highest BCUT2D eigenvalue weighted by atomic mass is 16.5. The van der Waals surface area contributed by atoms with E-state index in [1.807, 2.05) is 29.8 Å². The molecular formula is C24H25N5O2. The predicted octanol–water partition coefficient (Wildman–Crippen LogP) is 5.33. The van der Waals surface area contributed by atoms with E-state index >= 15 is 0 Å². The minimum Gasteiger partial charge on any atom is -0.457 e. The number of ether oxygens (including phenoxy) is 1. The summed E-state index contributed by atoms with van der Waals surface area (Å²) in [7, 11) is 1.99. The molecule has 2 heterocycles. The second kappa shape index (κ2) is 8.47. The lowest BCUT2D eigenvalue weighted by Crippen LogP contribution is -2.07. The normalized spacial score (nSPS) is 10.8. The Morgan fingerprint density at radius 3 is 2.71 bits per heavy atom. The summed E-state index contributed by atoms with van der Waals surface area (Å²) in [5, 5.41) is 6.16. The molecule has 31 heavy (non-hydrogen) atoms. The Morgan fingerprint density at radius 1 is 1.13 bits per heavy atom. The Balaban J connectivity index is 1.62. The average Bonchev–Trinajstić information content (AvgIpc) is 3.04. The molecule has 0 aliphatic rings. The first-order chi connectivity index (χ1) is 14.9. The van der Waals surface area contributed by atoms with E-state index in [9.17, 15) is 4.79 Å². The van der Waals surface area contributed by atoms with Crippen molar-refractivity contribution in [1.29, 1.82) is 0 Å². The summed E-state index contributed by atoms with van der Waals surface area (Å²) in [5.41, 5.74) is 5.36. The highest BCUT2D eigenvalue weighted by molar-refractivity contribution is 5.87. The van der Waals surface area contributed by atoms with Crippen LogP contribution in [0.15, 0.2) is 54.7 Å². The number of carbonyl (C=O) groups is 1. The minimum atomic E-state index is -0.181. The van der Waals surface area contributed by atoms with Crippen molar-refractivity contribution in [1.82, 2.24) is 14.5 Å². The van der Waals surface area contributed by atoms with Gasteiger partial charge in [-0.15, -0.1) is 0 Å². The molecule has 4 aromatic rings. The maximum atomic E-state index is 11.2. The first kappa shape index (κ1) is 20.4. The van der Waals surface area contributed by atoms with Crippen molar-refractivity contribution >= 4 is 34.4 Å². The number of nitrogens with zero attached hydrogens (tertiary/aromatic N) is 3. The molecule has 0 unspecified atom stereocenters. The zero-order chi connectivity index (χ0) is 22.0. The summed E-state index contributed by atoms with van der Waals surface area (Å²) in [5.74, 6) is 2.27. The van der Waals surface area contributed by atoms with Crippen LogP contribution in [0.2, 0.25) is 0 Å². The van der Waals surface area contributed by atoms with Gasteiger partial charge in [-0.05, 0) is 42.7 Å². The highest BCUT2D eigenvalue weighted by Gasteiger charge is 2.12. The number of fused-ring (bicyclic) bond motifs is 1. The predicted molar refractivity (Wildman–Crippen MR) is 123 cm³/mol. The fraction of sp³-hybridized carbons (Fsp3) is 0.208. The summed E-state index contributed by atoms with van der Waals surface area (Å²) < 4.78 is 8.00.